The Hall–Kier alpha value is -0.413. The third-order valence-electron chi connectivity index (χ3n) is 10.0. The van der Waals surface area contributed by atoms with Crippen molar-refractivity contribution in [1.82, 2.24) is 0 Å². The first-order chi connectivity index (χ1) is 12.3. The molecule has 6 atom stereocenters. The van der Waals surface area contributed by atoms with Crippen molar-refractivity contribution < 1.29 is 9.22 Å². The van der Waals surface area contributed by atoms with Crippen LogP contribution >= 0.6 is 0 Å². The van der Waals surface area contributed by atoms with Crippen molar-refractivity contribution in [3.05, 3.63) is 11.6 Å². The van der Waals surface area contributed by atoms with Crippen LogP contribution in [0.15, 0.2) is 11.6 Å². The maximum atomic E-state index is 12.9. The molecule has 0 amide bonds. The Morgan fingerprint density at radius 3 is 2.44 bits per heavy atom. The number of ketones is 1. The van der Waals surface area contributed by atoms with E-state index in [2.05, 4.69) is 54.6 Å². The van der Waals surface area contributed by atoms with Crippen molar-refractivity contribution in [1.29, 1.82) is 0 Å². The van der Waals surface area contributed by atoms with E-state index >= 15 is 0 Å². The van der Waals surface area contributed by atoms with Crippen LogP contribution in [0.1, 0.15) is 80.1 Å². The summed E-state index contributed by atoms with van der Waals surface area (Å²) in [6.45, 7) is 18.9. The highest BCUT2D eigenvalue weighted by Crippen LogP contribution is 2.77. The molecule has 4 rings (SSSR count). The Labute approximate surface area is 167 Å². The Balaban J connectivity index is 1.72. The third kappa shape index (κ3) is 2.36. The van der Waals surface area contributed by atoms with Gasteiger partial charge >= 0.3 is 0 Å². The van der Waals surface area contributed by atoms with Crippen LogP contribution in [0.5, 0.6) is 0 Å². The van der Waals surface area contributed by atoms with Gasteiger partial charge in [-0.3, -0.25) is 4.79 Å². The number of carbonyl (C=O) groups excluding carboxylic acids is 1. The highest BCUT2D eigenvalue weighted by atomic mass is 28.4. The second kappa shape index (κ2) is 5.59. The predicted molar refractivity (Wildman–Crippen MR) is 114 cm³/mol. The molecule has 3 heteroatoms. The van der Waals surface area contributed by atoms with Gasteiger partial charge in [0, 0.05) is 5.41 Å². The third-order valence-corrected chi connectivity index (χ3v) is 14.5. The summed E-state index contributed by atoms with van der Waals surface area (Å²) in [5, 5.41) is 0.249. The average molecular weight is 389 g/mol. The lowest BCUT2D eigenvalue weighted by Gasteiger charge is -2.56. The van der Waals surface area contributed by atoms with Crippen LogP contribution in [0, 0.1) is 28.1 Å². The minimum Gasteiger partial charge on any atom is -0.413 e. The van der Waals surface area contributed by atoms with Crippen LogP contribution in [0.4, 0.5) is 0 Å². The normalized spacial score (nSPS) is 46.9. The van der Waals surface area contributed by atoms with Gasteiger partial charge in [-0.05, 0) is 85.9 Å². The summed E-state index contributed by atoms with van der Waals surface area (Å²) in [6.07, 6.45) is 9.79. The fourth-order valence-electron chi connectivity index (χ4n) is 7.64. The van der Waals surface area contributed by atoms with Crippen molar-refractivity contribution >= 4 is 14.1 Å². The van der Waals surface area contributed by atoms with Crippen molar-refractivity contribution in [2.24, 2.45) is 28.1 Å². The Morgan fingerprint density at radius 1 is 1.15 bits per heavy atom. The molecule has 0 unspecified atom stereocenters. The molecular formula is C24H40O2Si. The zero-order valence-electron chi connectivity index (χ0n) is 18.9. The summed E-state index contributed by atoms with van der Waals surface area (Å²) in [6, 6.07) is 0. The largest absolute Gasteiger partial charge is 0.413 e. The number of fused-ring (bicyclic) bond motifs is 2. The maximum absolute atomic E-state index is 12.9. The predicted octanol–water partition coefficient (Wildman–Crippen LogP) is 6.52. The molecule has 0 aromatic carbocycles. The molecule has 3 fully saturated rings. The number of rotatable bonds is 2. The standard InChI is InChI=1S/C24H40O2Si/c1-16-14-18(25)22(5)15-24-12-9-10-19(26-27(7,8)21(2,3)4)23(24,6)13-11-17(24)20(16)22/h14,17,19-20H,9-13,15H2,1-8H3/t17-,19-,20-,22-,23-,24+/m0/s1. The van der Waals surface area contributed by atoms with E-state index in [1.54, 1.807) is 0 Å². The average Bonchev–Trinajstić information content (AvgIpc) is 3.02. The van der Waals surface area contributed by atoms with Crippen molar-refractivity contribution in [3.63, 3.8) is 0 Å². The van der Waals surface area contributed by atoms with Gasteiger partial charge in [0.1, 0.15) is 0 Å². The quantitative estimate of drug-likeness (QED) is 0.503. The van der Waals surface area contributed by atoms with Crippen LogP contribution in [0.2, 0.25) is 18.1 Å². The van der Waals surface area contributed by atoms with E-state index in [-0.39, 0.29) is 15.9 Å². The Kier molecular flexibility index (Phi) is 4.12. The van der Waals surface area contributed by atoms with Gasteiger partial charge in [0.2, 0.25) is 0 Å². The fourth-order valence-corrected chi connectivity index (χ4v) is 9.08. The molecule has 27 heavy (non-hydrogen) atoms. The van der Waals surface area contributed by atoms with Gasteiger partial charge in [-0.2, -0.15) is 0 Å². The van der Waals surface area contributed by atoms with E-state index < -0.39 is 8.32 Å². The topological polar surface area (TPSA) is 26.3 Å². The zero-order valence-corrected chi connectivity index (χ0v) is 19.9. The first-order valence-electron chi connectivity index (χ1n) is 11.2. The highest BCUT2D eigenvalue weighted by Gasteiger charge is 2.73. The molecule has 0 aromatic heterocycles. The molecule has 0 bridgehead atoms. The molecule has 3 saturated carbocycles. The van der Waals surface area contributed by atoms with Crippen LogP contribution in [-0.2, 0) is 9.22 Å². The van der Waals surface area contributed by atoms with Crippen molar-refractivity contribution in [3.8, 4) is 0 Å². The smallest absolute Gasteiger partial charge is 0.192 e. The van der Waals surface area contributed by atoms with Crippen LogP contribution in [0.25, 0.3) is 0 Å². The van der Waals surface area contributed by atoms with E-state index in [0.29, 0.717) is 29.1 Å². The first kappa shape index (κ1) is 19.9. The number of carbonyl (C=O) groups is 1. The number of allylic oxidation sites excluding steroid dienone is 2. The van der Waals surface area contributed by atoms with Gasteiger partial charge in [0.05, 0.1) is 6.10 Å². The molecule has 0 aromatic rings. The Morgan fingerprint density at radius 2 is 1.81 bits per heavy atom. The lowest BCUT2D eigenvalue weighted by atomic mass is 9.54. The van der Waals surface area contributed by atoms with Gasteiger partial charge in [-0.15, -0.1) is 0 Å². The van der Waals surface area contributed by atoms with Gasteiger partial charge in [0.25, 0.3) is 0 Å². The van der Waals surface area contributed by atoms with Gasteiger partial charge < -0.3 is 4.43 Å². The van der Waals surface area contributed by atoms with E-state index in [4.69, 9.17) is 4.43 Å². The summed E-state index contributed by atoms with van der Waals surface area (Å²) in [7, 11) is -1.80. The zero-order chi connectivity index (χ0) is 20.0. The summed E-state index contributed by atoms with van der Waals surface area (Å²) in [5.41, 5.74) is 1.76. The molecule has 0 heterocycles. The lowest BCUT2D eigenvalue weighted by molar-refractivity contribution is -0.125. The van der Waals surface area contributed by atoms with Crippen molar-refractivity contribution in [2.75, 3.05) is 0 Å². The molecular weight excluding hydrogens is 348 g/mol. The van der Waals surface area contributed by atoms with E-state index in [9.17, 15) is 4.79 Å². The van der Waals surface area contributed by atoms with E-state index in [1.807, 2.05) is 6.08 Å². The number of hydrogen-bond acceptors (Lipinski definition) is 2. The van der Waals surface area contributed by atoms with Crippen LogP contribution in [0.3, 0.4) is 0 Å². The highest BCUT2D eigenvalue weighted by molar-refractivity contribution is 6.74. The number of hydrogen-bond donors (Lipinski definition) is 0. The second-order valence-corrected chi connectivity index (χ2v) is 17.1. The van der Waals surface area contributed by atoms with Gasteiger partial charge in [-0.25, -0.2) is 0 Å². The van der Waals surface area contributed by atoms with Crippen LogP contribution in [-0.4, -0.2) is 20.2 Å². The molecule has 4 aliphatic carbocycles. The molecule has 2 nitrogen and oxygen atoms in total. The summed E-state index contributed by atoms with van der Waals surface area (Å²) >= 11 is 0. The molecule has 0 aliphatic heterocycles. The Bertz CT molecular complexity index is 702. The molecule has 0 radical (unpaired) electrons. The maximum Gasteiger partial charge on any atom is 0.192 e. The molecule has 1 spiro atoms. The summed E-state index contributed by atoms with van der Waals surface area (Å²) < 4.78 is 7.11. The minimum atomic E-state index is -1.80. The van der Waals surface area contributed by atoms with Crippen LogP contribution < -0.4 is 0 Å². The fraction of sp³-hybridized carbons (Fsp3) is 0.875. The monoisotopic (exact) mass is 388 g/mol. The van der Waals surface area contributed by atoms with E-state index in [0.717, 1.165) is 6.42 Å². The first-order valence-corrected chi connectivity index (χ1v) is 14.1. The second-order valence-electron chi connectivity index (χ2n) is 12.3. The molecule has 4 aliphatic rings. The van der Waals surface area contributed by atoms with Gasteiger partial charge in [-0.1, -0.05) is 46.6 Å². The molecule has 152 valence electrons. The summed E-state index contributed by atoms with van der Waals surface area (Å²) in [5.74, 6) is 1.57. The van der Waals surface area contributed by atoms with Gasteiger partial charge in [0.15, 0.2) is 14.1 Å². The lowest BCUT2D eigenvalue weighted by Crippen LogP contribution is -2.55. The molecule has 0 saturated heterocycles. The van der Waals surface area contributed by atoms with E-state index in [1.165, 1.54) is 37.7 Å². The molecule has 0 N–H and O–H groups in total. The van der Waals surface area contributed by atoms with Crippen molar-refractivity contribution in [2.45, 2.75) is 104 Å². The minimum absolute atomic E-state index is 0.144. The summed E-state index contributed by atoms with van der Waals surface area (Å²) in [4.78, 5) is 12.9. The SMILES string of the molecule is CC1=CC(=O)[C@]2(C)C[C@@]34CCC[C@H](O[Si](C)(C)C(C)(C)C)[C@]3(C)CC[C@H]4[C@H]12.